The Hall–Kier alpha value is -3.41. The molecule has 2 atom stereocenters. The van der Waals surface area contributed by atoms with Crippen molar-refractivity contribution in [3.63, 3.8) is 0 Å². The first-order chi connectivity index (χ1) is 16.6. The number of carbonyl (C=O) groups is 1. The van der Waals surface area contributed by atoms with E-state index >= 15 is 0 Å². The summed E-state index contributed by atoms with van der Waals surface area (Å²) in [5, 5.41) is 9.38. The van der Waals surface area contributed by atoms with Crippen LogP contribution in [0.25, 0.3) is 0 Å². The van der Waals surface area contributed by atoms with Crippen LogP contribution in [-0.2, 0) is 10.2 Å². The minimum Gasteiger partial charge on any atom is -0.444 e. The number of carbonyl (C=O) groups excluding carboxylic acids is 1. The molecular weight excluding hydrogens is 442 g/mol. The zero-order valence-corrected chi connectivity index (χ0v) is 21.2. The number of hydrogen-bond donors (Lipinski definition) is 0. The zero-order chi connectivity index (χ0) is 25.0. The molecule has 1 spiro atoms. The number of aromatic nitrogens is 3. The van der Waals surface area contributed by atoms with Gasteiger partial charge in [0.1, 0.15) is 29.4 Å². The molecule has 1 amide bonds. The molecule has 4 heterocycles. The molecule has 1 saturated carbocycles. The summed E-state index contributed by atoms with van der Waals surface area (Å²) in [6, 6.07) is 5.87. The highest BCUT2D eigenvalue weighted by Crippen LogP contribution is 2.56. The normalized spacial score (nSPS) is 22.5. The lowest BCUT2D eigenvalue weighted by Crippen LogP contribution is -2.47. The molecule has 2 aromatic rings. The first-order valence-electron chi connectivity index (χ1n) is 12.4. The van der Waals surface area contributed by atoms with Crippen molar-refractivity contribution in [3.8, 4) is 6.07 Å². The number of rotatable bonds is 3. The van der Waals surface area contributed by atoms with Gasteiger partial charge in [-0.1, -0.05) is 6.42 Å². The number of ether oxygens (including phenoxy) is 1. The number of amides is 1. The van der Waals surface area contributed by atoms with Gasteiger partial charge in [0.2, 0.25) is 0 Å². The van der Waals surface area contributed by atoms with E-state index in [0.29, 0.717) is 5.56 Å². The number of nitrogens with zero attached hydrogens (tertiary/aromatic N) is 7. The molecular formula is C26H33N7O2. The van der Waals surface area contributed by atoms with Gasteiger partial charge in [0.15, 0.2) is 0 Å². The van der Waals surface area contributed by atoms with Crippen molar-refractivity contribution < 1.29 is 9.53 Å². The molecule has 5 rings (SSSR count). The maximum absolute atomic E-state index is 12.8. The average molecular weight is 476 g/mol. The van der Waals surface area contributed by atoms with Crippen molar-refractivity contribution in [2.24, 2.45) is 0 Å². The molecule has 3 aliphatic rings. The van der Waals surface area contributed by atoms with E-state index in [0.717, 1.165) is 49.8 Å². The van der Waals surface area contributed by atoms with Crippen LogP contribution < -0.4 is 9.80 Å². The van der Waals surface area contributed by atoms with Crippen LogP contribution in [0, 0.1) is 11.3 Å². The second kappa shape index (κ2) is 8.36. The van der Waals surface area contributed by atoms with Crippen molar-refractivity contribution in [2.75, 3.05) is 29.9 Å². The molecule has 35 heavy (non-hydrogen) atoms. The molecule has 2 aliphatic heterocycles. The topological polar surface area (TPSA) is 98.5 Å². The molecule has 9 nitrogen and oxygen atoms in total. The minimum absolute atomic E-state index is 0.00880. The largest absolute Gasteiger partial charge is 0.444 e. The summed E-state index contributed by atoms with van der Waals surface area (Å²) in [5.74, 6) is 2.59. The lowest BCUT2D eigenvalue weighted by molar-refractivity contribution is 0.0218. The first kappa shape index (κ1) is 23.3. The van der Waals surface area contributed by atoms with E-state index in [2.05, 4.69) is 27.8 Å². The van der Waals surface area contributed by atoms with E-state index in [4.69, 9.17) is 14.7 Å². The summed E-state index contributed by atoms with van der Waals surface area (Å²) in [5.41, 5.74) is 1.23. The highest BCUT2D eigenvalue weighted by Gasteiger charge is 2.52. The van der Waals surface area contributed by atoms with E-state index in [1.165, 1.54) is 12.0 Å². The zero-order valence-electron chi connectivity index (χ0n) is 21.2. The molecule has 1 aliphatic carbocycles. The Morgan fingerprint density at radius 1 is 1.26 bits per heavy atom. The number of hydrogen-bond acceptors (Lipinski definition) is 8. The lowest BCUT2D eigenvalue weighted by atomic mass is 9.66. The second-order valence-electron chi connectivity index (χ2n) is 11.0. The molecule has 0 N–H and O–H groups in total. The Labute approximate surface area is 206 Å². The lowest BCUT2D eigenvalue weighted by Gasteiger charge is -2.41. The average Bonchev–Trinajstić information content (AvgIpc) is 3.36. The smallest absolute Gasteiger partial charge is 0.410 e. The van der Waals surface area contributed by atoms with E-state index in [-0.39, 0.29) is 23.6 Å². The van der Waals surface area contributed by atoms with Gasteiger partial charge in [0.25, 0.3) is 0 Å². The maximum Gasteiger partial charge on any atom is 0.410 e. The molecule has 184 valence electrons. The van der Waals surface area contributed by atoms with Crippen LogP contribution in [0.3, 0.4) is 0 Å². The van der Waals surface area contributed by atoms with Crippen LogP contribution in [0.4, 0.5) is 22.2 Å². The van der Waals surface area contributed by atoms with Crippen LogP contribution in [0.5, 0.6) is 0 Å². The number of pyridine rings is 1. The van der Waals surface area contributed by atoms with E-state index in [1.807, 2.05) is 33.9 Å². The van der Waals surface area contributed by atoms with Crippen LogP contribution >= 0.6 is 0 Å². The molecule has 2 unspecified atom stereocenters. The second-order valence-corrected chi connectivity index (χ2v) is 11.0. The Morgan fingerprint density at radius 2 is 2.00 bits per heavy atom. The fraction of sp³-hybridized carbons (Fsp3) is 0.577. The number of likely N-dealkylation sites (N-methyl/N-ethyl adjacent to an activating group) is 1. The van der Waals surface area contributed by atoms with Crippen molar-refractivity contribution in [2.45, 2.75) is 76.5 Å². The van der Waals surface area contributed by atoms with Gasteiger partial charge in [-0.15, -0.1) is 0 Å². The number of nitriles is 1. The maximum atomic E-state index is 12.8. The van der Waals surface area contributed by atoms with Crippen LogP contribution in [0.2, 0.25) is 0 Å². The highest BCUT2D eigenvalue weighted by atomic mass is 16.6. The fourth-order valence-electron chi connectivity index (χ4n) is 5.77. The third kappa shape index (κ3) is 3.95. The quantitative estimate of drug-likeness (QED) is 0.653. The van der Waals surface area contributed by atoms with Crippen molar-refractivity contribution in [1.29, 1.82) is 5.26 Å². The van der Waals surface area contributed by atoms with Gasteiger partial charge in [-0.05, 0) is 59.1 Å². The Kier molecular flexibility index (Phi) is 5.58. The first-order valence-corrected chi connectivity index (χ1v) is 12.4. The SMILES string of the molecule is CC1C(N(C)C(=O)OC(C)(C)C)CCN1c1ncnc2c1C1(CCC1)CN2c1cc(C#N)ccn1. The van der Waals surface area contributed by atoms with Gasteiger partial charge in [-0.2, -0.15) is 5.26 Å². The predicted octanol–water partition coefficient (Wildman–Crippen LogP) is 4.15. The molecule has 2 fully saturated rings. The van der Waals surface area contributed by atoms with Gasteiger partial charge in [0, 0.05) is 43.4 Å². The summed E-state index contributed by atoms with van der Waals surface area (Å²) in [4.78, 5) is 33.0. The molecule has 9 heteroatoms. The van der Waals surface area contributed by atoms with Crippen LogP contribution in [-0.4, -0.2) is 63.8 Å². The summed E-state index contributed by atoms with van der Waals surface area (Å²) in [7, 11) is 1.83. The van der Waals surface area contributed by atoms with E-state index in [1.54, 1.807) is 23.5 Å². The monoisotopic (exact) mass is 475 g/mol. The standard InChI is InChI=1S/C26H33N7O2/c1-17-19(31(5)24(34)35-25(2,3)4)8-12-32(17)22-21-23(30-16-29-22)33(15-26(21)9-6-10-26)20-13-18(14-27)7-11-28-20/h7,11,13,16-17,19H,6,8-10,12,15H2,1-5H3. The summed E-state index contributed by atoms with van der Waals surface area (Å²) in [6.07, 6.45) is 7.20. The fourth-order valence-corrected chi connectivity index (χ4v) is 5.77. The molecule has 0 bridgehead atoms. The third-order valence-corrected chi connectivity index (χ3v) is 7.68. The van der Waals surface area contributed by atoms with E-state index < -0.39 is 5.60 Å². The molecule has 0 aromatic carbocycles. The summed E-state index contributed by atoms with van der Waals surface area (Å²) in [6.45, 7) is 9.42. The number of fused-ring (bicyclic) bond motifs is 2. The highest BCUT2D eigenvalue weighted by molar-refractivity contribution is 5.75. The van der Waals surface area contributed by atoms with Crippen molar-refractivity contribution >= 4 is 23.5 Å². The summed E-state index contributed by atoms with van der Waals surface area (Å²) < 4.78 is 5.62. The van der Waals surface area contributed by atoms with Gasteiger partial charge in [0.05, 0.1) is 17.7 Å². The molecule has 2 aromatic heterocycles. The molecule has 1 saturated heterocycles. The predicted molar refractivity (Wildman–Crippen MR) is 133 cm³/mol. The van der Waals surface area contributed by atoms with Gasteiger partial charge in [-0.3, -0.25) is 0 Å². The summed E-state index contributed by atoms with van der Waals surface area (Å²) >= 11 is 0. The van der Waals surface area contributed by atoms with E-state index in [9.17, 15) is 10.1 Å². The van der Waals surface area contributed by atoms with Crippen LogP contribution in [0.15, 0.2) is 24.7 Å². The van der Waals surface area contributed by atoms with Gasteiger partial charge >= 0.3 is 6.09 Å². The van der Waals surface area contributed by atoms with Crippen molar-refractivity contribution in [1.82, 2.24) is 19.9 Å². The molecule has 0 radical (unpaired) electrons. The Balaban J connectivity index is 1.47. The number of anilines is 3. The minimum atomic E-state index is -0.530. The third-order valence-electron chi connectivity index (χ3n) is 7.68. The van der Waals surface area contributed by atoms with Crippen LogP contribution in [0.1, 0.15) is 64.5 Å². The van der Waals surface area contributed by atoms with Gasteiger partial charge in [-0.25, -0.2) is 19.7 Å². The Bertz CT molecular complexity index is 1180. The van der Waals surface area contributed by atoms with Crippen molar-refractivity contribution in [3.05, 3.63) is 35.8 Å². The Morgan fingerprint density at radius 3 is 2.66 bits per heavy atom. The van der Waals surface area contributed by atoms with Gasteiger partial charge < -0.3 is 19.4 Å².